The van der Waals surface area contributed by atoms with Gasteiger partial charge in [-0.05, 0) is 43.0 Å². The lowest BCUT2D eigenvalue weighted by Crippen LogP contribution is -2.22. The third kappa shape index (κ3) is 3.91. The van der Waals surface area contributed by atoms with E-state index in [0.29, 0.717) is 11.4 Å². The van der Waals surface area contributed by atoms with Crippen LogP contribution in [-0.4, -0.2) is 20.7 Å². The zero-order chi connectivity index (χ0) is 14.6. The van der Waals surface area contributed by atoms with Gasteiger partial charge in [0.2, 0.25) is 0 Å². The molecular weight excluding hydrogens is 290 g/mol. The van der Waals surface area contributed by atoms with Crippen molar-refractivity contribution in [1.29, 1.82) is 0 Å². The first-order valence-electron chi connectivity index (χ1n) is 6.52. The van der Waals surface area contributed by atoms with E-state index < -0.39 is 9.84 Å². The fourth-order valence-corrected chi connectivity index (χ4v) is 3.93. The van der Waals surface area contributed by atoms with Crippen molar-refractivity contribution in [2.45, 2.75) is 25.3 Å². The quantitative estimate of drug-likeness (QED) is 0.835. The maximum Gasteiger partial charge on any atom is 0.179 e. The smallest absolute Gasteiger partial charge is 0.179 e. The first-order valence-corrected chi connectivity index (χ1v) is 9.05. The van der Waals surface area contributed by atoms with Crippen LogP contribution in [0.2, 0.25) is 0 Å². The van der Waals surface area contributed by atoms with Gasteiger partial charge >= 0.3 is 0 Å². The number of rotatable bonds is 6. The Morgan fingerprint density at radius 3 is 2.40 bits per heavy atom. The number of aryl methyl sites for hydroxylation is 2. The van der Waals surface area contributed by atoms with Crippen molar-refractivity contribution >= 4 is 21.2 Å². The molecule has 1 aromatic carbocycles. The van der Waals surface area contributed by atoms with E-state index in [-0.39, 0.29) is 5.75 Å². The molecule has 0 atom stereocenters. The average Bonchev–Trinajstić information content (AvgIpc) is 2.81. The molecule has 20 heavy (non-hydrogen) atoms. The van der Waals surface area contributed by atoms with Gasteiger partial charge < -0.3 is 5.32 Å². The van der Waals surface area contributed by atoms with Gasteiger partial charge in [0.1, 0.15) is 0 Å². The molecule has 0 radical (unpaired) electrons. The molecule has 0 unspecified atom stereocenters. The first-order chi connectivity index (χ1) is 9.49. The molecule has 0 aliphatic rings. The Bertz CT molecular complexity index is 657. The Hall–Kier alpha value is -1.17. The summed E-state index contributed by atoms with van der Waals surface area (Å²) in [5.74, 6) is 0.125. The molecule has 0 aliphatic carbocycles. The summed E-state index contributed by atoms with van der Waals surface area (Å²) in [6.07, 6.45) is 0. The molecule has 0 saturated heterocycles. The highest BCUT2D eigenvalue weighted by Crippen LogP contribution is 2.15. The minimum absolute atomic E-state index is 0.125. The number of benzene rings is 1. The van der Waals surface area contributed by atoms with Crippen molar-refractivity contribution < 1.29 is 8.42 Å². The fourth-order valence-electron chi connectivity index (χ4n) is 1.86. The summed E-state index contributed by atoms with van der Waals surface area (Å²) < 4.78 is 24.3. The molecule has 1 N–H and O–H groups in total. The second kappa shape index (κ2) is 6.52. The summed E-state index contributed by atoms with van der Waals surface area (Å²) in [7, 11) is -3.19. The van der Waals surface area contributed by atoms with Crippen LogP contribution in [0.4, 0.5) is 0 Å². The summed E-state index contributed by atoms with van der Waals surface area (Å²) in [6, 6.07) is 9.08. The van der Waals surface area contributed by atoms with Crippen LogP contribution in [0.15, 0.2) is 40.6 Å². The van der Waals surface area contributed by atoms with E-state index in [9.17, 15) is 8.42 Å². The van der Waals surface area contributed by atoms with Crippen LogP contribution < -0.4 is 5.32 Å². The van der Waals surface area contributed by atoms with Crippen molar-refractivity contribution in [3.8, 4) is 0 Å². The number of nitrogens with one attached hydrogen (secondary N) is 1. The first kappa shape index (κ1) is 15.2. The average molecular weight is 309 g/mol. The van der Waals surface area contributed by atoms with E-state index in [0.717, 1.165) is 12.1 Å². The Morgan fingerprint density at radius 2 is 1.80 bits per heavy atom. The van der Waals surface area contributed by atoms with E-state index in [1.54, 1.807) is 23.5 Å². The Morgan fingerprint density at radius 1 is 1.10 bits per heavy atom. The second-order valence-electron chi connectivity index (χ2n) is 4.84. The van der Waals surface area contributed by atoms with Gasteiger partial charge in [0, 0.05) is 18.0 Å². The highest BCUT2D eigenvalue weighted by Gasteiger charge is 2.13. The van der Waals surface area contributed by atoms with Crippen molar-refractivity contribution in [3.05, 3.63) is 51.7 Å². The largest absolute Gasteiger partial charge is 0.311 e. The highest BCUT2D eigenvalue weighted by molar-refractivity contribution is 7.91. The van der Waals surface area contributed by atoms with Gasteiger partial charge in [0.15, 0.2) is 9.84 Å². The monoisotopic (exact) mass is 309 g/mol. The zero-order valence-electron chi connectivity index (χ0n) is 11.7. The minimum atomic E-state index is -3.19. The predicted octanol–water partition coefficient (Wildman–Crippen LogP) is 2.93. The van der Waals surface area contributed by atoms with E-state index >= 15 is 0 Å². The van der Waals surface area contributed by atoms with E-state index in [1.807, 2.05) is 19.1 Å². The molecule has 2 rings (SSSR count). The van der Waals surface area contributed by atoms with Gasteiger partial charge in [-0.15, -0.1) is 11.3 Å². The topological polar surface area (TPSA) is 46.2 Å². The lowest BCUT2D eigenvalue weighted by Gasteiger charge is -2.06. The van der Waals surface area contributed by atoms with Crippen molar-refractivity contribution in [2.75, 3.05) is 12.3 Å². The Kier molecular flexibility index (Phi) is 4.96. The SMILES string of the molecule is Cc1ccc(S(=O)(=O)CCNCc2sccc2C)cc1. The van der Waals surface area contributed by atoms with Crippen LogP contribution in [0.1, 0.15) is 16.0 Å². The number of hydrogen-bond donors (Lipinski definition) is 1. The molecule has 0 fully saturated rings. The summed E-state index contributed by atoms with van der Waals surface area (Å²) >= 11 is 1.69. The molecule has 0 aliphatic heterocycles. The van der Waals surface area contributed by atoms with Gasteiger partial charge in [-0.2, -0.15) is 0 Å². The minimum Gasteiger partial charge on any atom is -0.311 e. The maximum atomic E-state index is 12.1. The van der Waals surface area contributed by atoms with Gasteiger partial charge in [0.05, 0.1) is 10.6 Å². The highest BCUT2D eigenvalue weighted by atomic mass is 32.2. The molecule has 3 nitrogen and oxygen atoms in total. The molecular formula is C15H19NO2S2. The number of thiophene rings is 1. The van der Waals surface area contributed by atoms with Crippen molar-refractivity contribution in [2.24, 2.45) is 0 Å². The summed E-state index contributed by atoms with van der Waals surface area (Å²) in [5, 5.41) is 5.25. The molecule has 1 heterocycles. The van der Waals surface area contributed by atoms with E-state index in [4.69, 9.17) is 0 Å². The molecule has 0 saturated carbocycles. The van der Waals surface area contributed by atoms with E-state index in [2.05, 4.69) is 23.7 Å². The van der Waals surface area contributed by atoms with Crippen LogP contribution in [0, 0.1) is 13.8 Å². The second-order valence-corrected chi connectivity index (χ2v) is 7.95. The van der Waals surface area contributed by atoms with E-state index in [1.165, 1.54) is 10.4 Å². The summed E-state index contributed by atoms with van der Waals surface area (Å²) in [4.78, 5) is 1.66. The molecule has 0 bridgehead atoms. The molecule has 5 heteroatoms. The standard InChI is InChI=1S/C15H19NO2S2/c1-12-3-5-14(6-4-12)20(17,18)10-8-16-11-15-13(2)7-9-19-15/h3-7,9,16H,8,10-11H2,1-2H3. The molecule has 108 valence electrons. The number of sulfone groups is 1. The lowest BCUT2D eigenvalue weighted by atomic mass is 10.2. The van der Waals surface area contributed by atoms with Crippen molar-refractivity contribution in [1.82, 2.24) is 5.32 Å². The predicted molar refractivity (Wildman–Crippen MR) is 84.0 cm³/mol. The normalized spacial score (nSPS) is 11.7. The van der Waals surface area contributed by atoms with Gasteiger partial charge in [-0.25, -0.2) is 8.42 Å². The molecule has 0 spiro atoms. The van der Waals surface area contributed by atoms with Gasteiger partial charge in [-0.3, -0.25) is 0 Å². The van der Waals surface area contributed by atoms with Crippen LogP contribution in [0.5, 0.6) is 0 Å². The van der Waals surface area contributed by atoms with Crippen LogP contribution in [0.25, 0.3) is 0 Å². The van der Waals surface area contributed by atoms with Crippen LogP contribution >= 0.6 is 11.3 Å². The molecule has 1 aromatic heterocycles. The summed E-state index contributed by atoms with van der Waals surface area (Å²) in [5.41, 5.74) is 2.32. The molecule has 2 aromatic rings. The zero-order valence-corrected chi connectivity index (χ0v) is 13.4. The Balaban J connectivity index is 1.87. The van der Waals surface area contributed by atoms with Crippen LogP contribution in [-0.2, 0) is 16.4 Å². The van der Waals surface area contributed by atoms with Gasteiger partial charge in [-0.1, -0.05) is 17.7 Å². The third-order valence-corrected chi connectivity index (χ3v) is 5.94. The lowest BCUT2D eigenvalue weighted by molar-refractivity contribution is 0.591. The van der Waals surface area contributed by atoms with Crippen LogP contribution in [0.3, 0.4) is 0 Å². The third-order valence-electron chi connectivity index (χ3n) is 3.18. The number of hydrogen-bond acceptors (Lipinski definition) is 4. The van der Waals surface area contributed by atoms with Crippen molar-refractivity contribution in [3.63, 3.8) is 0 Å². The maximum absolute atomic E-state index is 12.1. The fraction of sp³-hybridized carbons (Fsp3) is 0.333. The molecule has 0 amide bonds. The van der Waals surface area contributed by atoms with Gasteiger partial charge in [0.25, 0.3) is 0 Å². The Labute approximate surface area is 124 Å². The summed E-state index contributed by atoms with van der Waals surface area (Å²) in [6.45, 7) is 5.21.